The van der Waals surface area contributed by atoms with Crippen LogP contribution in [0.1, 0.15) is 45.4 Å². The number of halogens is 1. The SMILES string of the molecule is CCCO[C@H]1C[C@@H](C(=O)N2CCC(OC)CC2)CC[C@@H]1Nc1ncc(F)cn1. The molecule has 1 saturated carbocycles. The van der Waals surface area contributed by atoms with Crippen LogP contribution in [0.2, 0.25) is 0 Å². The second-order valence-electron chi connectivity index (χ2n) is 7.66. The Morgan fingerprint density at radius 1 is 1.25 bits per heavy atom. The van der Waals surface area contributed by atoms with Crippen molar-refractivity contribution in [3.05, 3.63) is 18.2 Å². The summed E-state index contributed by atoms with van der Waals surface area (Å²) in [5, 5.41) is 3.26. The fourth-order valence-electron chi connectivity index (χ4n) is 4.09. The van der Waals surface area contributed by atoms with Crippen molar-refractivity contribution in [2.24, 2.45) is 5.92 Å². The third kappa shape index (κ3) is 5.38. The van der Waals surface area contributed by atoms with Crippen molar-refractivity contribution in [3.63, 3.8) is 0 Å². The van der Waals surface area contributed by atoms with Crippen LogP contribution in [0.3, 0.4) is 0 Å². The number of nitrogens with zero attached hydrogens (tertiary/aromatic N) is 3. The highest BCUT2D eigenvalue weighted by Crippen LogP contribution is 2.31. The van der Waals surface area contributed by atoms with Crippen molar-refractivity contribution in [1.82, 2.24) is 14.9 Å². The molecule has 1 aliphatic carbocycles. The van der Waals surface area contributed by atoms with Gasteiger partial charge in [0.2, 0.25) is 11.9 Å². The first-order chi connectivity index (χ1) is 13.6. The maximum absolute atomic E-state index is 13.0. The summed E-state index contributed by atoms with van der Waals surface area (Å²) in [6, 6.07) is 0.0142. The van der Waals surface area contributed by atoms with E-state index < -0.39 is 5.82 Å². The smallest absolute Gasteiger partial charge is 0.225 e. The molecule has 1 N–H and O–H groups in total. The van der Waals surface area contributed by atoms with Gasteiger partial charge in [-0.05, 0) is 38.5 Å². The van der Waals surface area contributed by atoms with Gasteiger partial charge in [-0.25, -0.2) is 14.4 Å². The molecule has 2 fully saturated rings. The van der Waals surface area contributed by atoms with E-state index in [4.69, 9.17) is 9.47 Å². The van der Waals surface area contributed by atoms with Gasteiger partial charge in [-0.3, -0.25) is 4.79 Å². The second kappa shape index (κ2) is 10.1. The van der Waals surface area contributed by atoms with Crippen LogP contribution >= 0.6 is 0 Å². The minimum atomic E-state index is -0.462. The Balaban J connectivity index is 1.59. The lowest BCUT2D eigenvalue weighted by Gasteiger charge is -2.39. The zero-order valence-electron chi connectivity index (χ0n) is 16.8. The Kier molecular flexibility index (Phi) is 7.56. The Bertz CT molecular complexity index is 622. The Labute approximate surface area is 166 Å². The third-order valence-electron chi connectivity index (χ3n) is 5.70. The summed E-state index contributed by atoms with van der Waals surface area (Å²) in [6.07, 6.45) is 7.46. The van der Waals surface area contributed by atoms with Crippen LogP contribution in [0.5, 0.6) is 0 Å². The van der Waals surface area contributed by atoms with Gasteiger partial charge in [0.1, 0.15) is 0 Å². The first-order valence-corrected chi connectivity index (χ1v) is 10.3. The van der Waals surface area contributed by atoms with Crippen LogP contribution in [0, 0.1) is 11.7 Å². The Morgan fingerprint density at radius 3 is 2.61 bits per heavy atom. The number of methoxy groups -OCH3 is 1. The van der Waals surface area contributed by atoms with Crippen LogP contribution in [0.4, 0.5) is 10.3 Å². The van der Waals surface area contributed by atoms with E-state index in [9.17, 15) is 9.18 Å². The van der Waals surface area contributed by atoms with Gasteiger partial charge in [0.05, 0.1) is 30.6 Å². The number of rotatable bonds is 7. The maximum atomic E-state index is 13.0. The van der Waals surface area contributed by atoms with Gasteiger partial charge in [-0.15, -0.1) is 0 Å². The molecule has 3 rings (SSSR count). The van der Waals surface area contributed by atoms with E-state index >= 15 is 0 Å². The highest BCUT2D eigenvalue weighted by molar-refractivity contribution is 5.79. The molecule has 1 aromatic rings. The molecule has 1 aliphatic heterocycles. The van der Waals surface area contributed by atoms with Gasteiger partial charge in [-0.1, -0.05) is 6.92 Å². The van der Waals surface area contributed by atoms with Crippen molar-refractivity contribution < 1.29 is 18.7 Å². The molecule has 1 amide bonds. The van der Waals surface area contributed by atoms with E-state index in [0.717, 1.165) is 57.6 Å². The van der Waals surface area contributed by atoms with Crippen LogP contribution in [-0.2, 0) is 14.3 Å². The number of ether oxygens (including phenoxy) is 2. The number of anilines is 1. The second-order valence-corrected chi connectivity index (χ2v) is 7.66. The molecular formula is C20H31FN4O3. The van der Waals surface area contributed by atoms with Crippen LogP contribution in [-0.4, -0.2) is 65.8 Å². The fourth-order valence-corrected chi connectivity index (χ4v) is 4.09. The van der Waals surface area contributed by atoms with Crippen molar-refractivity contribution in [2.45, 2.75) is 63.7 Å². The summed E-state index contributed by atoms with van der Waals surface area (Å²) in [7, 11) is 1.73. The van der Waals surface area contributed by atoms with Crippen LogP contribution < -0.4 is 5.32 Å². The average molecular weight is 394 g/mol. The minimum Gasteiger partial charge on any atom is -0.381 e. The Morgan fingerprint density at radius 2 is 1.96 bits per heavy atom. The number of aromatic nitrogens is 2. The van der Waals surface area contributed by atoms with E-state index in [1.165, 1.54) is 0 Å². The molecule has 2 heterocycles. The van der Waals surface area contributed by atoms with E-state index in [1.54, 1.807) is 7.11 Å². The predicted molar refractivity (Wildman–Crippen MR) is 103 cm³/mol. The van der Waals surface area contributed by atoms with Crippen molar-refractivity contribution >= 4 is 11.9 Å². The lowest BCUT2D eigenvalue weighted by molar-refractivity contribution is -0.141. The number of carbonyl (C=O) groups is 1. The summed E-state index contributed by atoms with van der Waals surface area (Å²) in [5.41, 5.74) is 0. The normalized spacial score (nSPS) is 26.2. The maximum Gasteiger partial charge on any atom is 0.225 e. The molecule has 3 atom stereocenters. The van der Waals surface area contributed by atoms with Crippen LogP contribution in [0.25, 0.3) is 0 Å². The molecule has 0 unspecified atom stereocenters. The fraction of sp³-hybridized carbons (Fsp3) is 0.750. The van der Waals surface area contributed by atoms with E-state index in [1.807, 2.05) is 4.90 Å². The monoisotopic (exact) mass is 394 g/mol. The lowest BCUT2D eigenvalue weighted by atomic mass is 9.82. The zero-order chi connectivity index (χ0) is 19.9. The van der Waals surface area contributed by atoms with Gasteiger partial charge in [0.15, 0.2) is 5.82 Å². The number of hydrogen-bond acceptors (Lipinski definition) is 6. The van der Waals surface area contributed by atoms with E-state index in [0.29, 0.717) is 19.0 Å². The van der Waals surface area contributed by atoms with Gasteiger partial charge < -0.3 is 19.7 Å². The van der Waals surface area contributed by atoms with E-state index in [2.05, 4.69) is 22.2 Å². The summed E-state index contributed by atoms with van der Waals surface area (Å²) in [4.78, 5) is 23.0. The van der Waals surface area contributed by atoms with Crippen LogP contribution in [0.15, 0.2) is 12.4 Å². The highest BCUT2D eigenvalue weighted by atomic mass is 19.1. The molecule has 8 heteroatoms. The topological polar surface area (TPSA) is 76.6 Å². The van der Waals surface area contributed by atoms with Crippen molar-refractivity contribution in [2.75, 3.05) is 32.1 Å². The molecule has 2 aliphatic rings. The summed E-state index contributed by atoms with van der Waals surface area (Å²) in [6.45, 7) is 4.24. The summed E-state index contributed by atoms with van der Waals surface area (Å²) < 4.78 is 24.5. The molecule has 28 heavy (non-hydrogen) atoms. The quantitative estimate of drug-likeness (QED) is 0.766. The first-order valence-electron chi connectivity index (χ1n) is 10.3. The van der Waals surface area contributed by atoms with Crippen molar-refractivity contribution in [1.29, 1.82) is 0 Å². The van der Waals surface area contributed by atoms with Gasteiger partial charge in [0, 0.05) is 32.7 Å². The number of hydrogen-bond donors (Lipinski definition) is 1. The first kappa shape index (κ1) is 20.9. The molecule has 0 aromatic carbocycles. The molecule has 7 nitrogen and oxygen atoms in total. The number of amides is 1. The highest BCUT2D eigenvalue weighted by Gasteiger charge is 2.37. The summed E-state index contributed by atoms with van der Waals surface area (Å²) >= 11 is 0. The van der Waals surface area contributed by atoms with Gasteiger partial charge >= 0.3 is 0 Å². The molecule has 1 aromatic heterocycles. The molecule has 156 valence electrons. The van der Waals surface area contributed by atoms with Gasteiger partial charge in [0.25, 0.3) is 0 Å². The van der Waals surface area contributed by atoms with E-state index in [-0.39, 0.29) is 30.1 Å². The number of carbonyl (C=O) groups excluding carboxylic acids is 1. The molecule has 0 radical (unpaired) electrons. The number of likely N-dealkylation sites (tertiary alicyclic amines) is 1. The largest absolute Gasteiger partial charge is 0.381 e. The van der Waals surface area contributed by atoms with Gasteiger partial charge in [-0.2, -0.15) is 0 Å². The average Bonchev–Trinajstić information content (AvgIpc) is 2.74. The summed E-state index contributed by atoms with van der Waals surface area (Å²) in [5.74, 6) is 0.142. The minimum absolute atomic E-state index is 0.0142. The third-order valence-corrected chi connectivity index (χ3v) is 5.70. The predicted octanol–water partition coefficient (Wildman–Crippen LogP) is 2.63. The van der Waals surface area contributed by atoms with Crippen molar-refractivity contribution in [3.8, 4) is 0 Å². The molecular weight excluding hydrogens is 363 g/mol. The molecule has 0 spiro atoms. The zero-order valence-corrected chi connectivity index (χ0v) is 16.8. The Hall–Kier alpha value is -1.80. The lowest BCUT2D eigenvalue weighted by Crippen LogP contribution is -2.48. The molecule has 1 saturated heterocycles. The number of nitrogens with one attached hydrogen (secondary N) is 1. The standard InChI is InChI=1S/C20H31FN4O3/c1-3-10-28-18-11-14(19(26)25-8-6-16(27-2)7-9-25)4-5-17(18)24-20-22-12-15(21)13-23-20/h12-14,16-18H,3-11H2,1-2H3,(H,22,23,24)/t14-,17-,18-/m0/s1. The number of piperidine rings is 1. The molecule has 0 bridgehead atoms.